The van der Waals surface area contributed by atoms with Crippen molar-refractivity contribution in [2.45, 2.75) is 218 Å². The summed E-state index contributed by atoms with van der Waals surface area (Å²) >= 11 is 0. The highest BCUT2D eigenvalue weighted by Gasteiger charge is 2.64. The molecule has 6 heterocycles. The van der Waals surface area contributed by atoms with E-state index in [2.05, 4.69) is 47.1 Å². The van der Waals surface area contributed by atoms with Crippen molar-refractivity contribution < 1.29 is 92.4 Å². The number of carbonyl (C=O) groups is 8. The number of nitrogens with one attached hydrogen (secondary N) is 2. The van der Waals surface area contributed by atoms with E-state index in [1.54, 1.807) is 12.1 Å². The molecule has 10 aliphatic rings. The van der Waals surface area contributed by atoms with Crippen molar-refractivity contribution in [3.63, 3.8) is 0 Å². The molecule has 4 amide bonds. The van der Waals surface area contributed by atoms with Gasteiger partial charge in [-0.1, -0.05) is 65.8 Å². The van der Waals surface area contributed by atoms with Crippen molar-refractivity contribution in [2.24, 2.45) is 69.0 Å². The molecule has 2 aromatic heterocycles. The Morgan fingerprint density at radius 2 is 0.927 bits per heavy atom. The normalized spacial score (nSPS) is 31.3. The summed E-state index contributed by atoms with van der Waals surface area (Å²) in [7, 11) is -4.88. The lowest BCUT2D eigenvalue weighted by atomic mass is 9.82. The van der Waals surface area contributed by atoms with Crippen molar-refractivity contribution >= 4 is 88.7 Å². The molecule has 14 rings (SSSR count). The molecule has 4 aliphatic heterocycles. The van der Waals surface area contributed by atoms with Crippen molar-refractivity contribution in [1.82, 2.24) is 29.2 Å². The summed E-state index contributed by atoms with van der Waals surface area (Å²) in [5.41, 5.74) is -2.63. The fourth-order valence-electron chi connectivity index (χ4n) is 16.9. The van der Waals surface area contributed by atoms with Gasteiger partial charge in [0, 0.05) is 71.8 Å². The lowest BCUT2D eigenvalue weighted by molar-refractivity contribution is -0.153. The Morgan fingerprint density at radius 1 is 0.545 bits per heavy atom. The number of Topliss-reactive ketones (excluding diaryl/α,β-unsaturated/α-hetero) is 2. The highest BCUT2D eigenvalue weighted by molar-refractivity contribution is 7.91. The lowest BCUT2D eigenvalue weighted by Gasteiger charge is -2.32. The Kier molecular flexibility index (Phi) is 23.1. The van der Waals surface area contributed by atoms with Crippen LogP contribution in [0.3, 0.4) is 0 Å². The number of nitrogens with zero attached hydrogens (tertiary/aromatic N) is 4. The van der Waals surface area contributed by atoms with Gasteiger partial charge in [0.25, 0.3) is 0 Å². The molecule has 24 nitrogen and oxygen atoms in total. The third-order valence-corrected chi connectivity index (χ3v) is 28.6. The first-order valence-corrected chi connectivity index (χ1v) is 42.3. The molecule has 596 valence electrons. The molecule has 8 fully saturated rings. The van der Waals surface area contributed by atoms with E-state index in [4.69, 9.17) is 28.4 Å². The zero-order valence-electron chi connectivity index (χ0n) is 64.1. The average molecular weight is 1560 g/mol. The van der Waals surface area contributed by atoms with Crippen LogP contribution < -0.4 is 28.4 Å². The number of rotatable bonds is 20. The van der Waals surface area contributed by atoms with Gasteiger partial charge in [0.2, 0.25) is 55.4 Å². The van der Waals surface area contributed by atoms with Crippen molar-refractivity contribution in [3.8, 4) is 23.3 Å². The van der Waals surface area contributed by atoms with Gasteiger partial charge in [0.05, 0.1) is 109 Å². The summed E-state index contributed by atoms with van der Waals surface area (Å²) in [5.74, 6) is -6.55. The molecule has 6 aliphatic carbocycles. The maximum Gasteiger partial charge on any atom is 0.306 e. The minimum absolute atomic E-state index is 0.0236. The van der Waals surface area contributed by atoms with Gasteiger partial charge in [-0.3, -0.25) is 47.8 Å². The van der Waals surface area contributed by atoms with Crippen LogP contribution in [0, 0.1) is 80.6 Å². The van der Waals surface area contributed by atoms with E-state index in [9.17, 15) is 64.0 Å². The molecule has 110 heavy (non-hydrogen) atoms. The number of aromatic nitrogens is 2. The number of methoxy groups -OCH3 is 2. The van der Waals surface area contributed by atoms with E-state index in [1.165, 1.54) is 60.7 Å². The lowest BCUT2D eigenvalue weighted by Crippen LogP contribution is -2.47. The second-order valence-corrected chi connectivity index (χ2v) is 38.3. The van der Waals surface area contributed by atoms with E-state index >= 15 is 0 Å². The summed E-state index contributed by atoms with van der Waals surface area (Å²) in [6.45, 7) is 12.8. The number of halogens is 2. The molecule has 2 saturated heterocycles. The molecular weight excluding hydrogens is 1460 g/mol. The number of ketones is 2. The Labute approximate surface area is 642 Å². The van der Waals surface area contributed by atoms with Crippen LogP contribution in [0.5, 0.6) is 23.3 Å². The second kappa shape index (κ2) is 31.8. The number of carbonyl (C=O) groups excluding carboxylic acids is 8. The predicted molar refractivity (Wildman–Crippen MR) is 402 cm³/mol. The summed E-state index contributed by atoms with van der Waals surface area (Å²) in [6.07, 6.45) is 19.4. The largest absolute Gasteiger partial charge is 0.496 e. The third-order valence-electron chi connectivity index (χ3n) is 25.0. The van der Waals surface area contributed by atoms with Crippen LogP contribution in [0.25, 0.3) is 21.5 Å². The zero-order valence-corrected chi connectivity index (χ0v) is 65.7. The SMILES string of the molecule is COc1cc(F)cc2c(O[C@@H]3C[C@H]4C(=O)C[C@]5(C(=O)NS(=O)(=O)C6CC6)C[C@H]5/C=C\CC[C@@H](C)C[C@@H](C)[C@H](CC(=O)OCC5(C)CC5)C(=O)N4C3)nccc12.COc1cc(F)cc2c(O[C@@H]3C[C@H]4C(=O)C[C@]5(C(=O)NS(=O)(=O)C6CC6)C[C@H]5/C=C\CC[C@H](C)C[C@@H](C)[C@H](CC(=O)OCC5(C)CC5)C(=O)N4C3)nccc12. The van der Waals surface area contributed by atoms with Crippen molar-refractivity contribution in [1.29, 1.82) is 0 Å². The molecule has 28 heteroatoms. The molecule has 0 spiro atoms. The monoisotopic (exact) mass is 1560 g/mol. The zero-order chi connectivity index (χ0) is 78.6. The van der Waals surface area contributed by atoms with Crippen molar-refractivity contribution in [3.05, 3.63) is 84.7 Å². The number of pyridine rings is 2. The number of ether oxygens (including phenoxy) is 6. The van der Waals surface area contributed by atoms with E-state index in [0.717, 1.165) is 38.5 Å². The second-order valence-electron chi connectivity index (χ2n) is 34.4. The molecule has 4 aromatic rings. The van der Waals surface area contributed by atoms with Gasteiger partial charge >= 0.3 is 11.9 Å². The van der Waals surface area contributed by atoms with E-state index in [0.29, 0.717) is 97.3 Å². The summed E-state index contributed by atoms with van der Waals surface area (Å²) in [6, 6.07) is 6.38. The Bertz CT molecular complexity index is 4280. The fraction of sp³-hybridized carbons (Fsp3) is 0.634. The molecule has 6 saturated carbocycles. The van der Waals surface area contributed by atoms with Gasteiger partial charge in [-0.15, -0.1) is 0 Å². The average Bonchev–Trinajstić information content (AvgIpc) is 1.57. The first-order valence-electron chi connectivity index (χ1n) is 39.2. The first kappa shape index (κ1) is 79.9. The quantitative estimate of drug-likeness (QED) is 0.0613. The van der Waals surface area contributed by atoms with Gasteiger partial charge in [0.15, 0.2) is 11.6 Å². The Balaban J connectivity index is 0.000000193. The predicted octanol–water partition coefficient (Wildman–Crippen LogP) is 11.3. The van der Waals surface area contributed by atoms with Gasteiger partial charge < -0.3 is 38.2 Å². The number of amides is 4. The van der Waals surface area contributed by atoms with Crippen LogP contribution in [-0.4, -0.2) is 159 Å². The molecular formula is C82H104F2N6O18S2. The van der Waals surface area contributed by atoms with Crippen LogP contribution >= 0.6 is 0 Å². The van der Waals surface area contributed by atoms with Crippen molar-refractivity contribution in [2.75, 3.05) is 40.5 Å². The maximum absolute atomic E-state index is 14.8. The molecule has 0 bridgehead atoms. The molecule has 0 radical (unpaired) electrons. The van der Waals surface area contributed by atoms with Gasteiger partial charge in [-0.2, -0.15) is 0 Å². The van der Waals surface area contributed by atoms with E-state index < -0.39 is 124 Å². The van der Waals surface area contributed by atoms with E-state index in [-0.39, 0.29) is 135 Å². The molecule has 14 atom stereocenters. The first-order chi connectivity index (χ1) is 52.2. The highest BCUT2D eigenvalue weighted by atomic mass is 32.2. The number of hydrogen-bond acceptors (Lipinski definition) is 20. The minimum atomic E-state index is -3.87. The topological polar surface area (TPSA) is 317 Å². The third kappa shape index (κ3) is 18.2. The standard InChI is InChI=1S/2C41H52FN3O9S/c2*1-24-7-5-6-8-26-20-41(26,39(49)44-55(50,51)29-9-10-29)21-34(46)33-18-28(54-37-32-16-27(42)17-35(52-4)30(32)11-14-43-37)22-45(33)38(48)31(25(2)15-24)19-36(47)53-23-40(3)12-13-40/h2*6,8,11,14,16-17,24-26,28-29,31,33H,5,7,9-10,12-13,15,18-23H2,1-4H3,(H,44,49)/b2*8-6-/t24-,25+,26+,28+,31-,33-,41+;24-,25-,26-,28-,31+,33+,41-/m01/s1. The summed E-state index contributed by atoms with van der Waals surface area (Å²) in [4.78, 5) is 125. The minimum Gasteiger partial charge on any atom is -0.496 e. The van der Waals surface area contributed by atoms with Crippen LogP contribution in [0.4, 0.5) is 8.78 Å². The number of sulfonamides is 2. The van der Waals surface area contributed by atoms with Crippen LogP contribution in [0.1, 0.15) is 183 Å². The van der Waals surface area contributed by atoms with Crippen LogP contribution in [0.15, 0.2) is 73.1 Å². The highest BCUT2D eigenvalue weighted by Crippen LogP contribution is 2.59. The van der Waals surface area contributed by atoms with E-state index in [1.807, 2.05) is 38.2 Å². The van der Waals surface area contributed by atoms with Crippen LogP contribution in [-0.2, 0) is 67.9 Å². The smallest absolute Gasteiger partial charge is 0.306 e. The van der Waals surface area contributed by atoms with Gasteiger partial charge in [-0.25, -0.2) is 35.6 Å². The Morgan fingerprint density at radius 3 is 1.28 bits per heavy atom. The molecule has 0 unspecified atom stereocenters. The number of allylic oxidation sites excluding steroid dienone is 4. The summed E-state index contributed by atoms with van der Waals surface area (Å²) < 4.78 is 121. The van der Waals surface area contributed by atoms with Gasteiger partial charge in [-0.05, 0) is 163 Å². The number of fused-ring (bicyclic) bond motifs is 6. The Hall–Kier alpha value is -8.14. The molecule has 2 N–H and O–H groups in total. The number of esters is 2. The van der Waals surface area contributed by atoms with Gasteiger partial charge in [0.1, 0.15) is 35.3 Å². The summed E-state index contributed by atoms with van der Waals surface area (Å²) in [5, 5.41) is 0.614. The number of hydrogen-bond donors (Lipinski definition) is 2. The fourth-order valence-corrected chi connectivity index (χ4v) is 19.7. The molecule has 2 aromatic carbocycles. The number of benzene rings is 2. The maximum atomic E-state index is 14.8. The van der Waals surface area contributed by atoms with Crippen LogP contribution in [0.2, 0.25) is 0 Å².